The van der Waals surface area contributed by atoms with Crippen molar-refractivity contribution < 1.29 is 27.6 Å². The standard InChI is InChI=1S/C28H25F3N4O5/c1-4-17(3)40-25-23(35(37)38)13-18(14-24(25)39-5-2)16-32-34-26(19-9-8-10-20(15-19)28(29,30)31)33-22-12-7-6-11-21(22)27(34)36/h6-17H,4-5H2,1-3H3/t17-/m0/s1. The van der Waals surface area contributed by atoms with Gasteiger partial charge in [-0.05, 0) is 50.6 Å². The molecule has 0 aliphatic rings. The summed E-state index contributed by atoms with van der Waals surface area (Å²) >= 11 is 0. The van der Waals surface area contributed by atoms with Crippen molar-refractivity contribution in [3.63, 3.8) is 0 Å². The highest BCUT2D eigenvalue weighted by Crippen LogP contribution is 2.39. The minimum Gasteiger partial charge on any atom is -0.490 e. The number of para-hydroxylation sites is 1. The molecule has 12 heteroatoms. The number of ether oxygens (including phenoxy) is 2. The predicted octanol–water partition coefficient (Wildman–Crippen LogP) is 6.45. The first-order valence-electron chi connectivity index (χ1n) is 12.4. The fraction of sp³-hybridized carbons (Fsp3) is 0.250. The van der Waals surface area contributed by atoms with Crippen LogP contribution in [0.2, 0.25) is 0 Å². The van der Waals surface area contributed by atoms with Gasteiger partial charge in [0.25, 0.3) is 5.56 Å². The molecule has 0 bridgehead atoms. The van der Waals surface area contributed by atoms with Crippen LogP contribution in [-0.4, -0.2) is 33.5 Å². The summed E-state index contributed by atoms with van der Waals surface area (Å²) in [6.45, 7) is 5.54. The van der Waals surface area contributed by atoms with Crippen molar-refractivity contribution in [3.05, 3.63) is 92.3 Å². The van der Waals surface area contributed by atoms with Gasteiger partial charge in [-0.15, -0.1) is 0 Å². The second kappa shape index (κ2) is 11.6. The normalized spacial score (nSPS) is 12.6. The highest BCUT2D eigenvalue weighted by molar-refractivity contribution is 5.84. The van der Waals surface area contributed by atoms with Crippen LogP contribution in [0.1, 0.15) is 38.3 Å². The van der Waals surface area contributed by atoms with E-state index in [2.05, 4.69) is 10.1 Å². The van der Waals surface area contributed by atoms with Gasteiger partial charge >= 0.3 is 11.9 Å². The quantitative estimate of drug-likeness (QED) is 0.134. The summed E-state index contributed by atoms with van der Waals surface area (Å²) < 4.78 is 52.5. The molecule has 208 valence electrons. The molecule has 0 fully saturated rings. The van der Waals surface area contributed by atoms with E-state index in [0.717, 1.165) is 16.8 Å². The number of halogens is 3. The van der Waals surface area contributed by atoms with Gasteiger partial charge in [-0.3, -0.25) is 14.9 Å². The average Bonchev–Trinajstić information content (AvgIpc) is 2.93. The summed E-state index contributed by atoms with van der Waals surface area (Å²) in [7, 11) is 0. The molecule has 1 heterocycles. The third-order valence-corrected chi connectivity index (χ3v) is 5.97. The lowest BCUT2D eigenvalue weighted by atomic mass is 10.1. The second-order valence-corrected chi connectivity index (χ2v) is 8.79. The number of nitro benzene ring substituents is 1. The Morgan fingerprint density at radius 1 is 1.12 bits per heavy atom. The van der Waals surface area contributed by atoms with Gasteiger partial charge in [-0.1, -0.05) is 31.2 Å². The van der Waals surface area contributed by atoms with E-state index in [4.69, 9.17) is 9.47 Å². The second-order valence-electron chi connectivity index (χ2n) is 8.79. The first-order valence-corrected chi connectivity index (χ1v) is 12.4. The predicted molar refractivity (Wildman–Crippen MR) is 144 cm³/mol. The van der Waals surface area contributed by atoms with E-state index >= 15 is 0 Å². The molecule has 0 aliphatic heterocycles. The largest absolute Gasteiger partial charge is 0.490 e. The molecule has 9 nitrogen and oxygen atoms in total. The topological polar surface area (TPSA) is 109 Å². The van der Waals surface area contributed by atoms with Crippen LogP contribution in [0.15, 0.2) is 70.6 Å². The number of rotatable bonds is 9. The third-order valence-electron chi connectivity index (χ3n) is 5.97. The smallest absolute Gasteiger partial charge is 0.416 e. The number of fused-ring (bicyclic) bond motifs is 1. The number of aromatic nitrogens is 2. The summed E-state index contributed by atoms with van der Waals surface area (Å²) in [6.07, 6.45) is -3.16. The summed E-state index contributed by atoms with van der Waals surface area (Å²) in [6, 6.07) is 13.4. The van der Waals surface area contributed by atoms with E-state index in [9.17, 15) is 28.1 Å². The average molecular weight is 555 g/mol. The molecular weight excluding hydrogens is 529 g/mol. The van der Waals surface area contributed by atoms with E-state index in [1.54, 1.807) is 32.0 Å². The van der Waals surface area contributed by atoms with E-state index in [1.165, 1.54) is 36.5 Å². The number of alkyl halides is 3. The number of benzene rings is 3. The Hall–Kier alpha value is -4.74. The highest BCUT2D eigenvalue weighted by Gasteiger charge is 2.31. The number of hydrogen-bond donors (Lipinski definition) is 0. The highest BCUT2D eigenvalue weighted by atomic mass is 19.4. The molecule has 0 unspecified atom stereocenters. The lowest BCUT2D eigenvalue weighted by Crippen LogP contribution is -2.20. The fourth-order valence-corrected chi connectivity index (χ4v) is 3.86. The van der Waals surface area contributed by atoms with Crippen LogP contribution < -0.4 is 15.0 Å². The number of hydrogen-bond acceptors (Lipinski definition) is 7. The summed E-state index contributed by atoms with van der Waals surface area (Å²) in [5.74, 6) is -0.0598. The Labute approximate surface area is 226 Å². The van der Waals surface area contributed by atoms with Gasteiger partial charge in [-0.25, -0.2) is 4.98 Å². The lowest BCUT2D eigenvalue weighted by molar-refractivity contribution is -0.386. The zero-order valence-electron chi connectivity index (χ0n) is 21.8. The van der Waals surface area contributed by atoms with Crippen LogP contribution in [0.5, 0.6) is 11.5 Å². The SMILES string of the molecule is CCOc1cc(C=Nn2c(-c3cccc(C(F)(F)F)c3)nc3ccccc3c2=O)cc([N+](=O)[O-])c1O[C@@H](C)CC. The van der Waals surface area contributed by atoms with Gasteiger partial charge in [-0.2, -0.15) is 22.9 Å². The molecule has 0 saturated heterocycles. The van der Waals surface area contributed by atoms with Gasteiger partial charge in [0.1, 0.15) is 0 Å². The van der Waals surface area contributed by atoms with Gasteiger partial charge < -0.3 is 9.47 Å². The van der Waals surface area contributed by atoms with Crippen molar-refractivity contribution in [2.45, 2.75) is 39.5 Å². The van der Waals surface area contributed by atoms with Crippen molar-refractivity contribution in [1.29, 1.82) is 0 Å². The zero-order chi connectivity index (χ0) is 29.0. The van der Waals surface area contributed by atoms with E-state index in [0.29, 0.717) is 6.42 Å². The molecule has 0 N–H and O–H groups in total. The maximum absolute atomic E-state index is 13.4. The molecule has 40 heavy (non-hydrogen) atoms. The lowest BCUT2D eigenvalue weighted by Gasteiger charge is -2.16. The Morgan fingerprint density at radius 2 is 1.88 bits per heavy atom. The fourth-order valence-electron chi connectivity index (χ4n) is 3.86. The Bertz CT molecular complexity index is 1650. The molecule has 1 aromatic heterocycles. The van der Waals surface area contributed by atoms with Gasteiger partial charge in [0, 0.05) is 17.2 Å². The Morgan fingerprint density at radius 3 is 2.55 bits per heavy atom. The summed E-state index contributed by atoms with van der Waals surface area (Å²) in [4.78, 5) is 29.1. The first-order chi connectivity index (χ1) is 19.0. The molecule has 4 aromatic rings. The van der Waals surface area contributed by atoms with Crippen LogP contribution in [0.4, 0.5) is 18.9 Å². The molecular formula is C28H25F3N4O5. The van der Waals surface area contributed by atoms with Gasteiger partial charge in [0.05, 0.1) is 40.3 Å². The van der Waals surface area contributed by atoms with E-state index in [1.807, 2.05) is 6.92 Å². The van der Waals surface area contributed by atoms with Crippen LogP contribution in [0, 0.1) is 10.1 Å². The van der Waals surface area contributed by atoms with Crippen LogP contribution >= 0.6 is 0 Å². The minimum atomic E-state index is -4.62. The van der Waals surface area contributed by atoms with E-state index < -0.39 is 22.2 Å². The Kier molecular flexibility index (Phi) is 8.17. The number of nitrogens with zero attached hydrogens (tertiary/aromatic N) is 4. The van der Waals surface area contributed by atoms with Crippen LogP contribution in [-0.2, 0) is 6.18 Å². The number of nitro groups is 1. The van der Waals surface area contributed by atoms with Gasteiger partial charge in [0.2, 0.25) is 5.75 Å². The summed E-state index contributed by atoms with van der Waals surface area (Å²) in [5.41, 5.74) is -1.45. The molecule has 0 saturated carbocycles. The van der Waals surface area contributed by atoms with Gasteiger partial charge in [0.15, 0.2) is 11.6 Å². The van der Waals surface area contributed by atoms with Crippen molar-refractivity contribution in [2.24, 2.45) is 5.10 Å². The van der Waals surface area contributed by atoms with Crippen LogP contribution in [0.25, 0.3) is 22.3 Å². The minimum absolute atomic E-state index is 0.00751. The molecule has 1 atom stereocenters. The molecule has 0 aliphatic carbocycles. The Balaban J connectivity index is 1.91. The van der Waals surface area contributed by atoms with Crippen molar-refractivity contribution in [1.82, 2.24) is 9.66 Å². The molecule has 3 aromatic carbocycles. The monoisotopic (exact) mass is 554 g/mol. The maximum atomic E-state index is 13.4. The van der Waals surface area contributed by atoms with Crippen molar-refractivity contribution in [3.8, 4) is 22.9 Å². The van der Waals surface area contributed by atoms with E-state index in [-0.39, 0.29) is 57.8 Å². The third kappa shape index (κ3) is 5.95. The summed E-state index contributed by atoms with van der Waals surface area (Å²) in [5, 5.41) is 16.3. The molecule has 0 amide bonds. The van der Waals surface area contributed by atoms with Crippen LogP contribution in [0.3, 0.4) is 0 Å². The molecule has 0 spiro atoms. The maximum Gasteiger partial charge on any atom is 0.416 e. The first kappa shape index (κ1) is 28.3. The molecule has 0 radical (unpaired) electrons. The van der Waals surface area contributed by atoms with Crippen molar-refractivity contribution in [2.75, 3.05) is 6.61 Å². The zero-order valence-corrected chi connectivity index (χ0v) is 21.8. The van der Waals surface area contributed by atoms with Crippen molar-refractivity contribution >= 4 is 22.8 Å². The molecule has 4 rings (SSSR count).